The second-order valence-electron chi connectivity index (χ2n) is 5.77. The third kappa shape index (κ3) is 2.80. The maximum absolute atomic E-state index is 13.2. The van der Waals surface area contributed by atoms with E-state index in [9.17, 15) is 9.59 Å². The molecule has 1 aliphatic rings. The molecule has 0 bridgehead atoms. The van der Waals surface area contributed by atoms with Crippen LogP contribution in [0.2, 0.25) is 0 Å². The minimum atomic E-state index is -0.653. The fourth-order valence-electron chi connectivity index (χ4n) is 3.06. The summed E-state index contributed by atoms with van der Waals surface area (Å²) < 4.78 is 1.44. The Labute approximate surface area is 142 Å². The van der Waals surface area contributed by atoms with Crippen LogP contribution in [0.3, 0.4) is 0 Å². The first kappa shape index (κ1) is 15.2. The van der Waals surface area contributed by atoms with Gasteiger partial charge in [0.2, 0.25) is 0 Å². The Morgan fingerprint density at radius 3 is 2.84 bits per heavy atom. The van der Waals surface area contributed by atoms with Crippen molar-refractivity contribution in [3.63, 3.8) is 0 Å². The van der Waals surface area contributed by atoms with Gasteiger partial charge in [-0.25, -0.2) is 9.67 Å². The Hall–Kier alpha value is -3.36. The predicted molar refractivity (Wildman–Crippen MR) is 86.4 cm³/mol. The number of hydrogen-bond donors (Lipinski definition) is 1. The van der Waals surface area contributed by atoms with E-state index < -0.39 is 6.04 Å². The van der Waals surface area contributed by atoms with Crippen molar-refractivity contribution in [1.82, 2.24) is 35.1 Å². The van der Waals surface area contributed by atoms with E-state index in [0.717, 1.165) is 5.56 Å². The highest BCUT2D eigenvalue weighted by atomic mass is 16.2. The van der Waals surface area contributed by atoms with E-state index in [1.165, 1.54) is 17.3 Å². The van der Waals surface area contributed by atoms with Crippen LogP contribution in [0.15, 0.2) is 47.8 Å². The summed E-state index contributed by atoms with van der Waals surface area (Å²) in [7, 11) is 0. The lowest BCUT2D eigenvalue weighted by molar-refractivity contribution is -0.134. The maximum Gasteiger partial charge on any atom is 0.254 e. The number of aromatic nitrogens is 6. The van der Waals surface area contributed by atoms with Crippen molar-refractivity contribution in [2.24, 2.45) is 0 Å². The number of tetrazole rings is 1. The third-order valence-electron chi connectivity index (χ3n) is 4.30. The van der Waals surface area contributed by atoms with E-state index in [2.05, 4.69) is 25.5 Å². The van der Waals surface area contributed by atoms with Crippen LogP contribution in [0.25, 0.3) is 0 Å². The molecule has 126 valence electrons. The normalized spacial score (nSPS) is 14.8. The number of H-pyrrole nitrogens is 1. The summed E-state index contributed by atoms with van der Waals surface area (Å²) >= 11 is 0. The van der Waals surface area contributed by atoms with E-state index in [1.807, 2.05) is 30.3 Å². The van der Waals surface area contributed by atoms with Crippen LogP contribution in [-0.2, 0) is 17.8 Å². The summed E-state index contributed by atoms with van der Waals surface area (Å²) in [5.41, 5.74) is 1.93. The van der Waals surface area contributed by atoms with Gasteiger partial charge in [0.05, 0.1) is 18.6 Å². The maximum atomic E-state index is 13.2. The van der Waals surface area contributed by atoms with Gasteiger partial charge in [0.15, 0.2) is 6.04 Å². The van der Waals surface area contributed by atoms with E-state index >= 15 is 0 Å². The smallest absolute Gasteiger partial charge is 0.254 e. The molecule has 1 amide bonds. The average molecular weight is 337 g/mol. The van der Waals surface area contributed by atoms with Crippen molar-refractivity contribution in [3.8, 4) is 0 Å². The van der Waals surface area contributed by atoms with Gasteiger partial charge in [-0.1, -0.05) is 30.3 Å². The van der Waals surface area contributed by atoms with Gasteiger partial charge in [0.25, 0.3) is 11.5 Å². The van der Waals surface area contributed by atoms with Crippen molar-refractivity contribution in [1.29, 1.82) is 0 Å². The summed E-state index contributed by atoms with van der Waals surface area (Å²) in [6, 6.07) is 8.70. The second kappa shape index (κ2) is 6.27. The molecule has 1 aliphatic heterocycles. The molecule has 4 rings (SSSR count). The Morgan fingerprint density at radius 2 is 2.08 bits per heavy atom. The van der Waals surface area contributed by atoms with Crippen LogP contribution in [-0.4, -0.2) is 47.5 Å². The Morgan fingerprint density at radius 1 is 1.24 bits per heavy atom. The number of nitrogens with zero attached hydrogens (tertiary/aromatic N) is 6. The Kier molecular flexibility index (Phi) is 3.81. The zero-order chi connectivity index (χ0) is 17.2. The van der Waals surface area contributed by atoms with Gasteiger partial charge >= 0.3 is 0 Å². The molecule has 1 aromatic carbocycles. The molecule has 3 aromatic rings. The van der Waals surface area contributed by atoms with Crippen LogP contribution >= 0.6 is 0 Å². The zero-order valence-corrected chi connectivity index (χ0v) is 13.2. The highest BCUT2D eigenvalue weighted by molar-refractivity contribution is 5.83. The molecule has 0 saturated heterocycles. The molecule has 9 heteroatoms. The predicted octanol–water partition coefficient (Wildman–Crippen LogP) is -0.0693. The molecule has 0 spiro atoms. The molecule has 9 nitrogen and oxygen atoms in total. The van der Waals surface area contributed by atoms with Crippen molar-refractivity contribution >= 4 is 5.91 Å². The van der Waals surface area contributed by atoms with Crippen LogP contribution in [0.5, 0.6) is 0 Å². The fourth-order valence-corrected chi connectivity index (χ4v) is 3.06. The number of amides is 1. The molecule has 0 radical (unpaired) electrons. The molecule has 0 saturated carbocycles. The molecule has 1 N–H and O–H groups in total. The Balaban J connectivity index is 1.67. The molecule has 1 atom stereocenters. The molecule has 0 fully saturated rings. The Bertz CT molecular complexity index is 937. The number of carbonyl (C=O) groups is 1. The van der Waals surface area contributed by atoms with Crippen LogP contribution in [0.1, 0.15) is 22.9 Å². The van der Waals surface area contributed by atoms with Crippen molar-refractivity contribution < 1.29 is 4.79 Å². The van der Waals surface area contributed by atoms with E-state index in [4.69, 9.17) is 0 Å². The molecular weight excluding hydrogens is 322 g/mol. The van der Waals surface area contributed by atoms with Crippen molar-refractivity contribution in [2.75, 3.05) is 6.54 Å². The van der Waals surface area contributed by atoms with Gasteiger partial charge < -0.3 is 9.88 Å². The topological polar surface area (TPSA) is 110 Å². The monoisotopic (exact) mass is 337 g/mol. The van der Waals surface area contributed by atoms with E-state index in [1.54, 1.807) is 4.90 Å². The van der Waals surface area contributed by atoms with E-state index in [0.29, 0.717) is 30.8 Å². The fraction of sp³-hybridized carbons (Fsp3) is 0.250. The lowest BCUT2D eigenvalue weighted by atomic mass is 10.0. The number of carbonyl (C=O) groups excluding carboxylic acids is 1. The summed E-state index contributed by atoms with van der Waals surface area (Å²) in [5, 5.41) is 11.2. The first-order valence-corrected chi connectivity index (χ1v) is 7.85. The summed E-state index contributed by atoms with van der Waals surface area (Å²) in [6.45, 7) is 0.746. The molecule has 3 heterocycles. The third-order valence-corrected chi connectivity index (χ3v) is 4.30. The van der Waals surface area contributed by atoms with Gasteiger partial charge in [-0.3, -0.25) is 9.59 Å². The average Bonchev–Trinajstić information content (AvgIpc) is 3.17. The minimum absolute atomic E-state index is 0.133. The zero-order valence-electron chi connectivity index (χ0n) is 13.2. The largest absolute Gasteiger partial charge is 0.334 e. The molecular formula is C16H15N7O2. The van der Waals surface area contributed by atoms with Gasteiger partial charge in [0, 0.05) is 12.1 Å². The highest BCUT2D eigenvalue weighted by Crippen LogP contribution is 2.23. The van der Waals surface area contributed by atoms with Crippen LogP contribution in [0.4, 0.5) is 0 Å². The van der Waals surface area contributed by atoms with Gasteiger partial charge in [0.1, 0.15) is 6.33 Å². The summed E-state index contributed by atoms with van der Waals surface area (Å²) in [5.74, 6) is -0.133. The number of nitrogens with one attached hydrogen (secondary N) is 1. The quantitative estimate of drug-likeness (QED) is 0.716. The lowest BCUT2D eigenvalue weighted by Gasteiger charge is -2.30. The minimum Gasteiger partial charge on any atom is -0.334 e. The summed E-state index contributed by atoms with van der Waals surface area (Å²) in [4.78, 5) is 33.5. The number of fused-ring (bicyclic) bond motifs is 1. The summed E-state index contributed by atoms with van der Waals surface area (Å²) in [6.07, 6.45) is 3.27. The van der Waals surface area contributed by atoms with Gasteiger partial charge in [-0.05, 0) is 22.4 Å². The standard InChI is InChI=1S/C16H15N7O2/c24-15-12-6-7-22(8-13(12)17-9-18-15)16(25)14(23-10-19-20-21-23)11-4-2-1-3-5-11/h1-5,9-10,14H,6-8H2,(H,17,18,24)/t14-/m1/s1. The van der Waals surface area contributed by atoms with Crippen molar-refractivity contribution in [2.45, 2.75) is 19.0 Å². The molecule has 25 heavy (non-hydrogen) atoms. The number of benzene rings is 1. The second-order valence-corrected chi connectivity index (χ2v) is 5.77. The lowest BCUT2D eigenvalue weighted by Crippen LogP contribution is -2.43. The molecule has 0 aliphatic carbocycles. The highest BCUT2D eigenvalue weighted by Gasteiger charge is 2.31. The van der Waals surface area contributed by atoms with Crippen molar-refractivity contribution in [3.05, 3.63) is 70.2 Å². The van der Waals surface area contributed by atoms with E-state index in [-0.39, 0.29) is 11.5 Å². The van der Waals surface area contributed by atoms with Gasteiger partial charge in [-0.2, -0.15) is 0 Å². The number of rotatable bonds is 3. The van der Waals surface area contributed by atoms with Gasteiger partial charge in [-0.15, -0.1) is 5.10 Å². The molecule has 2 aromatic heterocycles. The molecule has 0 unspecified atom stereocenters. The van der Waals surface area contributed by atoms with Crippen LogP contribution < -0.4 is 5.56 Å². The number of hydrogen-bond acceptors (Lipinski definition) is 6. The number of aromatic amines is 1. The SMILES string of the molecule is O=C([C@@H](c1ccccc1)n1cnnn1)N1CCc2c(nc[nH]c2=O)C1. The van der Waals surface area contributed by atoms with Crippen LogP contribution in [0, 0.1) is 0 Å². The first-order chi connectivity index (χ1) is 12.2. The first-order valence-electron chi connectivity index (χ1n) is 7.85.